The zero-order valence-electron chi connectivity index (χ0n) is 21.4. The summed E-state index contributed by atoms with van der Waals surface area (Å²) in [6.07, 6.45) is 1.90. The number of halogens is 1. The Morgan fingerprint density at radius 3 is 2.43 bits per heavy atom. The van der Waals surface area contributed by atoms with Gasteiger partial charge in [0, 0.05) is 52.3 Å². The number of hydrogen-bond donors (Lipinski definition) is 0. The van der Waals surface area contributed by atoms with Crippen LogP contribution in [0.1, 0.15) is 35.0 Å². The molecule has 0 atom stereocenters. The minimum atomic E-state index is -3.69. The van der Waals surface area contributed by atoms with Gasteiger partial charge in [-0.2, -0.15) is 4.31 Å². The van der Waals surface area contributed by atoms with E-state index in [4.69, 9.17) is 4.74 Å². The Bertz CT molecular complexity index is 1530. The van der Waals surface area contributed by atoms with Crippen LogP contribution in [0.2, 0.25) is 0 Å². The van der Waals surface area contributed by atoms with Crippen molar-refractivity contribution in [2.24, 2.45) is 0 Å². The van der Waals surface area contributed by atoms with Gasteiger partial charge in [-0.15, -0.1) is 0 Å². The Balaban J connectivity index is 1.60. The highest BCUT2D eigenvalue weighted by Crippen LogP contribution is 2.40. The highest BCUT2D eigenvalue weighted by Gasteiger charge is 2.34. The first-order valence-corrected chi connectivity index (χ1v) is 14.6. The van der Waals surface area contributed by atoms with E-state index < -0.39 is 10.0 Å². The zero-order valence-corrected chi connectivity index (χ0v) is 23.8. The van der Waals surface area contributed by atoms with Crippen LogP contribution in [0.15, 0.2) is 51.8 Å². The number of aromatic nitrogens is 1. The molecule has 3 heterocycles. The summed E-state index contributed by atoms with van der Waals surface area (Å²) in [6.45, 7) is 9.96. The number of anilines is 1. The Labute approximate surface area is 226 Å². The third kappa shape index (κ3) is 4.48. The lowest BCUT2D eigenvalue weighted by Crippen LogP contribution is -2.40. The van der Waals surface area contributed by atoms with E-state index in [1.807, 2.05) is 32.9 Å². The molecule has 2 aromatic carbocycles. The van der Waals surface area contributed by atoms with Crippen molar-refractivity contribution in [2.75, 3.05) is 37.7 Å². The van der Waals surface area contributed by atoms with E-state index in [9.17, 15) is 13.2 Å². The van der Waals surface area contributed by atoms with Crippen molar-refractivity contribution in [3.05, 3.63) is 75.0 Å². The largest absolute Gasteiger partial charge is 0.379 e. The number of ether oxygens (including phenoxy) is 1. The molecule has 2 aliphatic heterocycles. The van der Waals surface area contributed by atoms with Crippen LogP contribution in [0.4, 0.5) is 5.69 Å². The van der Waals surface area contributed by atoms with Crippen LogP contribution in [-0.4, -0.2) is 56.0 Å². The van der Waals surface area contributed by atoms with Crippen LogP contribution in [-0.2, 0) is 19.6 Å². The Morgan fingerprint density at radius 1 is 1.03 bits per heavy atom. The molecular weight excluding hydrogens is 554 g/mol. The minimum Gasteiger partial charge on any atom is -0.379 e. The minimum absolute atomic E-state index is 0.122. The van der Waals surface area contributed by atoms with Crippen molar-refractivity contribution < 1.29 is 17.9 Å². The van der Waals surface area contributed by atoms with Crippen molar-refractivity contribution in [3.8, 4) is 5.69 Å². The van der Waals surface area contributed by atoms with Gasteiger partial charge in [0.25, 0.3) is 5.91 Å². The number of morpholine rings is 1. The van der Waals surface area contributed by atoms with Crippen molar-refractivity contribution in [3.63, 3.8) is 0 Å². The predicted molar refractivity (Wildman–Crippen MR) is 150 cm³/mol. The van der Waals surface area contributed by atoms with Crippen molar-refractivity contribution in [1.29, 1.82) is 0 Å². The summed E-state index contributed by atoms with van der Waals surface area (Å²) in [5.74, 6) is -0.122. The molecule has 0 N–H and O–H groups in total. The number of aryl methyl sites for hydroxylation is 2. The van der Waals surface area contributed by atoms with Crippen LogP contribution >= 0.6 is 15.9 Å². The molecule has 3 aromatic rings. The summed E-state index contributed by atoms with van der Waals surface area (Å²) >= 11 is 3.57. The van der Waals surface area contributed by atoms with E-state index in [0.29, 0.717) is 44.0 Å². The number of nitrogens with zero attached hydrogens (tertiary/aromatic N) is 3. The average Bonchev–Trinajstić information content (AvgIpc) is 3.32. The van der Waals surface area contributed by atoms with Gasteiger partial charge in [-0.05, 0) is 87.4 Å². The van der Waals surface area contributed by atoms with Crippen LogP contribution in [0.25, 0.3) is 17.3 Å². The monoisotopic (exact) mass is 583 g/mol. The highest BCUT2D eigenvalue weighted by molar-refractivity contribution is 9.10. The lowest BCUT2D eigenvalue weighted by molar-refractivity contribution is -0.112. The lowest BCUT2D eigenvalue weighted by atomic mass is 10.0. The second kappa shape index (κ2) is 9.87. The molecule has 2 aliphatic rings. The number of hydrogen-bond acceptors (Lipinski definition) is 4. The van der Waals surface area contributed by atoms with Gasteiger partial charge in [-0.3, -0.25) is 4.79 Å². The maximum Gasteiger partial charge on any atom is 0.258 e. The molecule has 1 fully saturated rings. The molecular formula is C28H30BrN3O4S. The second-order valence-corrected chi connectivity index (χ2v) is 12.2. The van der Waals surface area contributed by atoms with Crippen LogP contribution in [0, 0.1) is 20.8 Å². The topological polar surface area (TPSA) is 71.9 Å². The molecule has 9 heteroatoms. The van der Waals surface area contributed by atoms with Gasteiger partial charge in [0.05, 0.1) is 23.8 Å². The van der Waals surface area contributed by atoms with Gasteiger partial charge in [-0.25, -0.2) is 8.42 Å². The van der Waals surface area contributed by atoms with E-state index in [-0.39, 0.29) is 10.8 Å². The van der Waals surface area contributed by atoms with Crippen molar-refractivity contribution >= 4 is 49.2 Å². The predicted octanol–water partition coefficient (Wildman–Crippen LogP) is 5.09. The van der Waals surface area contributed by atoms with Crippen LogP contribution in [0.5, 0.6) is 0 Å². The highest BCUT2D eigenvalue weighted by atomic mass is 79.9. The molecule has 0 saturated carbocycles. The maximum absolute atomic E-state index is 13.5. The average molecular weight is 585 g/mol. The SMILES string of the molecule is CCN1C(=O)/C(=C\c2cc(C)n(-c3ccc(Br)c(C)c3)c2C)c2cc(S(=O)(=O)N3CCOCC3)ccc21. The summed E-state index contributed by atoms with van der Waals surface area (Å²) in [5, 5.41) is 0. The van der Waals surface area contributed by atoms with Crippen molar-refractivity contribution in [1.82, 2.24) is 8.87 Å². The second-order valence-electron chi connectivity index (χ2n) is 9.40. The molecule has 0 radical (unpaired) electrons. The molecule has 0 unspecified atom stereocenters. The molecule has 1 saturated heterocycles. The number of carbonyl (C=O) groups is 1. The number of benzene rings is 2. The van der Waals surface area contributed by atoms with Gasteiger partial charge in [0.15, 0.2) is 0 Å². The summed E-state index contributed by atoms with van der Waals surface area (Å²) in [4.78, 5) is 15.4. The zero-order chi connectivity index (χ0) is 26.5. The Kier molecular flexibility index (Phi) is 6.91. The van der Waals surface area contributed by atoms with E-state index in [2.05, 4.69) is 45.6 Å². The molecule has 7 nitrogen and oxygen atoms in total. The number of sulfonamides is 1. The van der Waals surface area contributed by atoms with Crippen LogP contribution in [0.3, 0.4) is 0 Å². The molecule has 5 rings (SSSR count). The Morgan fingerprint density at radius 2 is 1.76 bits per heavy atom. The number of fused-ring (bicyclic) bond motifs is 1. The number of carbonyl (C=O) groups excluding carboxylic acids is 1. The quantitative estimate of drug-likeness (QED) is 0.392. The molecule has 0 spiro atoms. The third-order valence-corrected chi connectivity index (χ3v) is 9.90. The van der Waals surface area contributed by atoms with Crippen molar-refractivity contribution in [2.45, 2.75) is 32.6 Å². The summed E-state index contributed by atoms with van der Waals surface area (Å²) in [7, 11) is -3.69. The first kappa shape index (κ1) is 25.9. The van der Waals surface area contributed by atoms with Gasteiger partial charge in [0.2, 0.25) is 10.0 Å². The standard InChI is InChI=1S/C28H30BrN3O4S/c1-5-31-27-9-7-23(37(34,35)30-10-12-36-13-11-30)17-24(27)25(28(31)33)16-21-15-19(3)32(20(21)4)22-6-8-26(29)18(2)14-22/h6-9,14-17H,5,10-13H2,1-4H3/b25-16-. The molecule has 194 valence electrons. The number of likely N-dealkylation sites (N-methyl/N-ethyl adjacent to an activating group) is 1. The molecule has 1 aromatic heterocycles. The fourth-order valence-corrected chi connectivity index (χ4v) is 6.82. The van der Waals surface area contributed by atoms with Gasteiger partial charge < -0.3 is 14.2 Å². The first-order chi connectivity index (χ1) is 17.6. The van der Waals surface area contributed by atoms with E-state index in [1.165, 1.54) is 4.31 Å². The summed E-state index contributed by atoms with van der Waals surface area (Å²) < 4.78 is 36.7. The van der Waals surface area contributed by atoms with Crippen LogP contribution < -0.4 is 4.90 Å². The van der Waals surface area contributed by atoms with Gasteiger partial charge in [-0.1, -0.05) is 15.9 Å². The van der Waals surface area contributed by atoms with E-state index >= 15 is 0 Å². The summed E-state index contributed by atoms with van der Waals surface area (Å²) in [5.41, 5.74) is 7.04. The fraction of sp³-hybridized carbons (Fsp3) is 0.321. The maximum atomic E-state index is 13.5. The molecule has 1 amide bonds. The van der Waals surface area contributed by atoms with E-state index in [1.54, 1.807) is 23.1 Å². The number of amides is 1. The van der Waals surface area contributed by atoms with Gasteiger partial charge >= 0.3 is 0 Å². The smallest absolute Gasteiger partial charge is 0.258 e. The molecule has 0 bridgehead atoms. The van der Waals surface area contributed by atoms with E-state index in [0.717, 1.165) is 38.4 Å². The molecule has 0 aliphatic carbocycles. The Hall–Kier alpha value is -2.72. The third-order valence-electron chi connectivity index (χ3n) is 7.12. The van der Waals surface area contributed by atoms with Gasteiger partial charge in [0.1, 0.15) is 0 Å². The summed E-state index contributed by atoms with van der Waals surface area (Å²) in [6, 6.07) is 13.3. The molecule has 37 heavy (non-hydrogen) atoms. The lowest BCUT2D eigenvalue weighted by Gasteiger charge is -2.26. The normalized spacial score (nSPS) is 17.6. The first-order valence-electron chi connectivity index (χ1n) is 12.3. The number of rotatable bonds is 5. The fourth-order valence-electron chi connectivity index (χ4n) is 5.14.